The first kappa shape index (κ1) is 10.3. The van der Waals surface area contributed by atoms with Gasteiger partial charge < -0.3 is 5.32 Å². The van der Waals surface area contributed by atoms with Gasteiger partial charge in [-0.15, -0.1) is 5.10 Å². The van der Waals surface area contributed by atoms with E-state index in [1.165, 1.54) is 29.7 Å². The summed E-state index contributed by atoms with van der Waals surface area (Å²) in [6.07, 6.45) is 0. The molecule has 0 aliphatic rings. The van der Waals surface area contributed by atoms with E-state index in [4.69, 9.17) is 11.6 Å². The molecular weight excluding hydrogens is 237 g/mol. The first-order chi connectivity index (χ1) is 7.25. The van der Waals surface area contributed by atoms with Crippen molar-refractivity contribution < 1.29 is 4.39 Å². The largest absolute Gasteiger partial charge is 0.378 e. The number of anilines is 1. The molecule has 0 bridgehead atoms. The van der Waals surface area contributed by atoms with Crippen LogP contribution in [0, 0.1) is 5.82 Å². The van der Waals surface area contributed by atoms with Crippen LogP contribution in [0.2, 0.25) is 5.02 Å². The summed E-state index contributed by atoms with van der Waals surface area (Å²) in [6, 6.07) is 4.18. The molecule has 0 atom stereocenters. The summed E-state index contributed by atoms with van der Waals surface area (Å²) in [4.78, 5) is 0. The van der Waals surface area contributed by atoms with Gasteiger partial charge in [-0.1, -0.05) is 16.1 Å². The standard InChI is InChI=1S/C9H7ClFN3S/c10-8-2-1-6(11)3-9(8)12-4-7-5-15-14-13-7/h1-3,5,12H,4H2. The number of nitrogens with one attached hydrogen (secondary N) is 1. The molecule has 1 aromatic heterocycles. The Morgan fingerprint density at radius 1 is 1.47 bits per heavy atom. The van der Waals surface area contributed by atoms with Crippen LogP contribution in [0.25, 0.3) is 0 Å². The highest BCUT2D eigenvalue weighted by molar-refractivity contribution is 7.03. The second kappa shape index (κ2) is 4.55. The van der Waals surface area contributed by atoms with E-state index < -0.39 is 0 Å². The monoisotopic (exact) mass is 243 g/mol. The number of benzene rings is 1. The quantitative estimate of drug-likeness (QED) is 0.901. The fourth-order valence-corrected chi connectivity index (χ4v) is 1.72. The summed E-state index contributed by atoms with van der Waals surface area (Å²) in [7, 11) is 0. The van der Waals surface area contributed by atoms with Gasteiger partial charge >= 0.3 is 0 Å². The van der Waals surface area contributed by atoms with Gasteiger partial charge in [-0.25, -0.2) is 4.39 Å². The topological polar surface area (TPSA) is 37.8 Å². The van der Waals surface area contributed by atoms with E-state index in [2.05, 4.69) is 14.9 Å². The SMILES string of the molecule is Fc1ccc(Cl)c(NCc2csnn2)c1. The molecule has 15 heavy (non-hydrogen) atoms. The lowest BCUT2D eigenvalue weighted by Crippen LogP contribution is -2.00. The molecule has 0 spiro atoms. The van der Waals surface area contributed by atoms with Gasteiger partial charge in [0.05, 0.1) is 22.9 Å². The molecule has 78 valence electrons. The average molecular weight is 244 g/mol. The Hall–Kier alpha value is -1.20. The van der Waals surface area contributed by atoms with Crippen molar-refractivity contribution >= 4 is 28.8 Å². The number of hydrogen-bond acceptors (Lipinski definition) is 4. The first-order valence-corrected chi connectivity index (χ1v) is 5.42. The van der Waals surface area contributed by atoms with Crippen LogP contribution in [-0.2, 0) is 6.54 Å². The first-order valence-electron chi connectivity index (χ1n) is 4.20. The normalized spacial score (nSPS) is 10.3. The van der Waals surface area contributed by atoms with Crippen molar-refractivity contribution in [3.05, 3.63) is 40.1 Å². The summed E-state index contributed by atoms with van der Waals surface area (Å²) < 4.78 is 16.6. The summed E-state index contributed by atoms with van der Waals surface area (Å²) in [6.45, 7) is 0.486. The molecule has 2 rings (SSSR count). The van der Waals surface area contributed by atoms with Crippen molar-refractivity contribution in [1.82, 2.24) is 9.59 Å². The van der Waals surface area contributed by atoms with E-state index in [-0.39, 0.29) is 5.82 Å². The van der Waals surface area contributed by atoms with E-state index in [0.717, 1.165) is 5.69 Å². The molecule has 0 unspecified atom stereocenters. The van der Waals surface area contributed by atoms with Crippen molar-refractivity contribution in [3.63, 3.8) is 0 Å². The molecule has 0 radical (unpaired) electrons. The number of halogens is 2. The van der Waals surface area contributed by atoms with Crippen LogP contribution in [0.3, 0.4) is 0 Å². The van der Waals surface area contributed by atoms with E-state index >= 15 is 0 Å². The zero-order chi connectivity index (χ0) is 10.7. The molecule has 2 aromatic rings. The van der Waals surface area contributed by atoms with Crippen LogP contribution in [-0.4, -0.2) is 9.59 Å². The Balaban J connectivity index is 2.07. The Morgan fingerprint density at radius 2 is 2.33 bits per heavy atom. The highest BCUT2D eigenvalue weighted by atomic mass is 35.5. The van der Waals surface area contributed by atoms with E-state index in [9.17, 15) is 4.39 Å². The summed E-state index contributed by atoms with van der Waals surface area (Å²) >= 11 is 7.15. The average Bonchev–Trinajstić information content (AvgIpc) is 2.72. The van der Waals surface area contributed by atoms with E-state index in [0.29, 0.717) is 17.3 Å². The lowest BCUT2D eigenvalue weighted by atomic mass is 10.3. The van der Waals surface area contributed by atoms with Crippen LogP contribution in [0.1, 0.15) is 5.69 Å². The summed E-state index contributed by atoms with van der Waals surface area (Å²) in [5.74, 6) is -0.321. The molecule has 1 N–H and O–H groups in total. The fraction of sp³-hybridized carbons (Fsp3) is 0.111. The molecule has 1 heterocycles. The van der Waals surface area contributed by atoms with Gasteiger partial charge in [-0.2, -0.15) is 0 Å². The molecule has 1 aromatic carbocycles. The molecular formula is C9H7ClFN3S. The second-order valence-electron chi connectivity index (χ2n) is 2.87. The minimum Gasteiger partial charge on any atom is -0.378 e. The molecule has 0 saturated carbocycles. The van der Waals surface area contributed by atoms with Gasteiger partial charge in [0.1, 0.15) is 5.82 Å². The number of nitrogens with zero attached hydrogens (tertiary/aromatic N) is 2. The molecule has 0 fully saturated rings. The van der Waals surface area contributed by atoms with Crippen molar-refractivity contribution in [3.8, 4) is 0 Å². The fourth-order valence-electron chi connectivity index (χ4n) is 1.08. The van der Waals surface area contributed by atoms with Gasteiger partial charge in [0.2, 0.25) is 0 Å². The molecule has 6 heteroatoms. The third-order valence-electron chi connectivity index (χ3n) is 1.79. The summed E-state index contributed by atoms with van der Waals surface area (Å²) in [5, 5.41) is 9.15. The maximum atomic E-state index is 12.9. The van der Waals surface area contributed by atoms with Gasteiger partial charge in [-0.3, -0.25) is 0 Å². The van der Waals surface area contributed by atoms with Gasteiger partial charge in [0.15, 0.2) is 0 Å². The number of aromatic nitrogens is 2. The molecule has 0 aliphatic carbocycles. The minimum atomic E-state index is -0.321. The smallest absolute Gasteiger partial charge is 0.125 e. The molecule has 0 aliphatic heterocycles. The van der Waals surface area contributed by atoms with Crippen molar-refractivity contribution in [2.24, 2.45) is 0 Å². The third kappa shape index (κ3) is 2.64. The van der Waals surface area contributed by atoms with E-state index in [1.54, 1.807) is 0 Å². The molecule has 3 nitrogen and oxygen atoms in total. The lowest BCUT2D eigenvalue weighted by Gasteiger charge is -2.06. The van der Waals surface area contributed by atoms with Gasteiger partial charge in [-0.05, 0) is 29.7 Å². The maximum absolute atomic E-state index is 12.9. The highest BCUT2D eigenvalue weighted by Gasteiger charge is 2.02. The van der Waals surface area contributed by atoms with Crippen LogP contribution in [0.15, 0.2) is 23.6 Å². The molecule has 0 saturated heterocycles. The maximum Gasteiger partial charge on any atom is 0.125 e. The Labute approximate surface area is 95.1 Å². The minimum absolute atomic E-state index is 0.321. The Kier molecular flexibility index (Phi) is 3.13. The van der Waals surface area contributed by atoms with Crippen molar-refractivity contribution in [1.29, 1.82) is 0 Å². The zero-order valence-electron chi connectivity index (χ0n) is 7.58. The zero-order valence-corrected chi connectivity index (χ0v) is 9.15. The highest BCUT2D eigenvalue weighted by Crippen LogP contribution is 2.22. The predicted octanol–water partition coefficient (Wildman–Crippen LogP) is 2.94. The van der Waals surface area contributed by atoms with Crippen LogP contribution in [0.4, 0.5) is 10.1 Å². The number of rotatable bonds is 3. The van der Waals surface area contributed by atoms with Crippen molar-refractivity contribution in [2.45, 2.75) is 6.54 Å². The van der Waals surface area contributed by atoms with Crippen LogP contribution >= 0.6 is 23.1 Å². The predicted molar refractivity (Wildman–Crippen MR) is 58.6 cm³/mol. The summed E-state index contributed by atoms with van der Waals surface area (Å²) in [5.41, 5.74) is 1.37. The third-order valence-corrected chi connectivity index (χ3v) is 2.68. The molecule has 0 amide bonds. The number of hydrogen-bond donors (Lipinski definition) is 1. The Bertz CT molecular complexity index is 447. The lowest BCUT2D eigenvalue weighted by molar-refractivity contribution is 0.628. The van der Waals surface area contributed by atoms with Crippen LogP contribution in [0.5, 0.6) is 0 Å². The second-order valence-corrected chi connectivity index (χ2v) is 3.89. The van der Waals surface area contributed by atoms with Gasteiger partial charge in [0.25, 0.3) is 0 Å². The van der Waals surface area contributed by atoms with Crippen molar-refractivity contribution in [2.75, 3.05) is 5.32 Å². The Morgan fingerprint density at radius 3 is 3.07 bits per heavy atom. The van der Waals surface area contributed by atoms with E-state index in [1.807, 2.05) is 5.38 Å². The van der Waals surface area contributed by atoms with Gasteiger partial charge in [0, 0.05) is 5.38 Å². The van der Waals surface area contributed by atoms with Crippen LogP contribution < -0.4 is 5.32 Å².